The Hall–Kier alpha value is -0.950. The van der Waals surface area contributed by atoms with Crippen LogP contribution in [-0.2, 0) is 23.8 Å². The van der Waals surface area contributed by atoms with Crippen LogP contribution in [0.5, 0.6) is 0 Å². The maximum Gasteiger partial charge on any atom is 0.297 e. The van der Waals surface area contributed by atoms with Crippen molar-refractivity contribution in [3.63, 3.8) is 0 Å². The Balaban J connectivity index is 2.41. The summed E-state index contributed by atoms with van der Waals surface area (Å²) in [6.45, 7) is 7.96. The van der Waals surface area contributed by atoms with Gasteiger partial charge in [-0.05, 0) is 31.9 Å². The third kappa shape index (κ3) is 14.2. The van der Waals surface area contributed by atoms with E-state index in [1.165, 1.54) is 57.8 Å². The van der Waals surface area contributed by atoms with Gasteiger partial charge in [0, 0.05) is 13.2 Å². The molecule has 0 heterocycles. The van der Waals surface area contributed by atoms with Crippen molar-refractivity contribution in [2.45, 2.75) is 109 Å². The van der Waals surface area contributed by atoms with Crippen molar-refractivity contribution in [3.05, 3.63) is 29.8 Å². The van der Waals surface area contributed by atoms with E-state index in [9.17, 15) is 8.42 Å². The van der Waals surface area contributed by atoms with E-state index in [2.05, 4.69) is 13.8 Å². The molecule has 0 fully saturated rings. The molecule has 32 heavy (non-hydrogen) atoms. The smallest absolute Gasteiger partial charge is 0.297 e. The van der Waals surface area contributed by atoms with Gasteiger partial charge >= 0.3 is 0 Å². The number of hydrogen-bond donors (Lipinski definition) is 0. The average molecular weight is 471 g/mol. The first kappa shape index (κ1) is 29.1. The summed E-state index contributed by atoms with van der Waals surface area (Å²) in [5, 5.41) is 0. The number of ether oxygens (including phenoxy) is 2. The lowest BCUT2D eigenvalue weighted by molar-refractivity contribution is -0.0379. The fourth-order valence-electron chi connectivity index (χ4n) is 3.41. The molecule has 0 bridgehead atoms. The minimum Gasteiger partial charge on any atom is -0.379 e. The summed E-state index contributed by atoms with van der Waals surface area (Å²) in [5.41, 5.74) is 1.01. The van der Waals surface area contributed by atoms with Crippen molar-refractivity contribution in [1.82, 2.24) is 0 Å². The topological polar surface area (TPSA) is 61.8 Å². The summed E-state index contributed by atoms with van der Waals surface area (Å²) in [7, 11) is -3.80. The van der Waals surface area contributed by atoms with Gasteiger partial charge in [-0.3, -0.25) is 4.18 Å². The van der Waals surface area contributed by atoms with Crippen molar-refractivity contribution in [2.24, 2.45) is 0 Å². The van der Waals surface area contributed by atoms with Crippen molar-refractivity contribution < 1.29 is 22.1 Å². The minimum atomic E-state index is -3.80. The maximum absolute atomic E-state index is 12.5. The summed E-state index contributed by atoms with van der Waals surface area (Å²) >= 11 is 0. The lowest BCUT2D eigenvalue weighted by Crippen LogP contribution is -2.28. The molecular formula is C26H46O5S. The molecule has 186 valence electrons. The molecule has 0 saturated heterocycles. The second-order valence-electron chi connectivity index (χ2n) is 8.65. The van der Waals surface area contributed by atoms with Gasteiger partial charge in [-0.25, -0.2) is 0 Å². The van der Waals surface area contributed by atoms with Crippen LogP contribution in [-0.4, -0.2) is 40.9 Å². The van der Waals surface area contributed by atoms with E-state index < -0.39 is 10.1 Å². The Labute approximate surface area is 197 Å². The van der Waals surface area contributed by atoms with Gasteiger partial charge in [0.2, 0.25) is 0 Å². The lowest BCUT2D eigenvalue weighted by Gasteiger charge is -2.18. The van der Waals surface area contributed by atoms with Crippen LogP contribution in [0, 0.1) is 6.92 Å². The van der Waals surface area contributed by atoms with Crippen LogP contribution in [0.25, 0.3) is 0 Å². The van der Waals surface area contributed by atoms with Crippen LogP contribution >= 0.6 is 0 Å². The molecule has 0 aliphatic rings. The molecular weight excluding hydrogens is 424 g/mol. The van der Waals surface area contributed by atoms with E-state index in [4.69, 9.17) is 13.7 Å². The maximum atomic E-state index is 12.5. The molecule has 1 aromatic rings. The number of hydrogen-bond acceptors (Lipinski definition) is 5. The second-order valence-corrected chi connectivity index (χ2v) is 10.3. The zero-order valence-corrected chi connectivity index (χ0v) is 21.5. The molecule has 1 atom stereocenters. The standard InChI is InChI=1S/C26H46O5S/c1-4-6-8-10-12-14-20-29-22-25(30-21-15-13-11-9-7-5-2)23-31-32(27,28)26-18-16-24(3)17-19-26/h16-19,25H,4-15,20-23H2,1-3H3. The molecule has 0 radical (unpaired) electrons. The van der Waals surface area contributed by atoms with Crippen LogP contribution in [0.4, 0.5) is 0 Å². The lowest BCUT2D eigenvalue weighted by atomic mass is 10.1. The fraction of sp³-hybridized carbons (Fsp3) is 0.769. The molecule has 1 unspecified atom stereocenters. The Kier molecular flexibility index (Phi) is 16.8. The van der Waals surface area contributed by atoms with Crippen LogP contribution in [0.3, 0.4) is 0 Å². The fourth-order valence-corrected chi connectivity index (χ4v) is 4.35. The van der Waals surface area contributed by atoms with Crippen molar-refractivity contribution >= 4 is 10.1 Å². The molecule has 0 aliphatic carbocycles. The molecule has 0 aromatic heterocycles. The Morgan fingerprint density at radius 3 is 1.84 bits per heavy atom. The summed E-state index contributed by atoms with van der Waals surface area (Å²) in [4.78, 5) is 0.172. The first-order valence-corrected chi connectivity index (χ1v) is 14.1. The van der Waals surface area contributed by atoms with Gasteiger partial charge in [-0.15, -0.1) is 0 Å². The average Bonchev–Trinajstić information content (AvgIpc) is 2.78. The zero-order valence-electron chi connectivity index (χ0n) is 20.6. The third-order valence-corrected chi connectivity index (χ3v) is 6.81. The SMILES string of the molecule is CCCCCCCCOCC(COS(=O)(=O)c1ccc(C)cc1)OCCCCCCCC. The van der Waals surface area contributed by atoms with E-state index in [1.54, 1.807) is 24.3 Å². The molecule has 5 nitrogen and oxygen atoms in total. The van der Waals surface area contributed by atoms with E-state index >= 15 is 0 Å². The molecule has 1 rings (SSSR count). The number of rotatable bonds is 21. The summed E-state index contributed by atoms with van der Waals surface area (Å²) in [6.07, 6.45) is 14.0. The van der Waals surface area contributed by atoms with Crippen molar-refractivity contribution in [1.29, 1.82) is 0 Å². The van der Waals surface area contributed by atoms with Crippen LogP contribution in [0.2, 0.25) is 0 Å². The Morgan fingerprint density at radius 2 is 1.25 bits per heavy atom. The van der Waals surface area contributed by atoms with Gasteiger partial charge in [-0.1, -0.05) is 95.8 Å². The van der Waals surface area contributed by atoms with Crippen LogP contribution in [0.1, 0.15) is 96.5 Å². The quantitative estimate of drug-likeness (QED) is 0.146. The first-order valence-electron chi connectivity index (χ1n) is 12.6. The van der Waals surface area contributed by atoms with Crippen LogP contribution < -0.4 is 0 Å². The summed E-state index contributed by atoms with van der Waals surface area (Å²) in [6, 6.07) is 6.69. The Bertz CT molecular complexity index is 657. The highest BCUT2D eigenvalue weighted by molar-refractivity contribution is 7.86. The molecule has 1 aromatic carbocycles. The summed E-state index contributed by atoms with van der Waals surface area (Å²) < 4.78 is 42.1. The van der Waals surface area contributed by atoms with Gasteiger partial charge in [0.1, 0.15) is 6.10 Å². The van der Waals surface area contributed by atoms with E-state index in [0.717, 1.165) is 24.8 Å². The van der Waals surface area contributed by atoms with Gasteiger partial charge in [0.05, 0.1) is 18.1 Å². The molecule has 0 spiro atoms. The van der Waals surface area contributed by atoms with E-state index in [-0.39, 0.29) is 17.6 Å². The van der Waals surface area contributed by atoms with E-state index in [1.807, 2.05) is 6.92 Å². The predicted octanol–water partition coefficient (Wildman–Crippen LogP) is 6.82. The number of benzene rings is 1. The minimum absolute atomic E-state index is 0.0253. The third-order valence-electron chi connectivity index (χ3n) is 5.52. The number of aryl methyl sites for hydroxylation is 1. The van der Waals surface area contributed by atoms with Gasteiger partial charge in [0.15, 0.2) is 0 Å². The van der Waals surface area contributed by atoms with Crippen molar-refractivity contribution in [3.8, 4) is 0 Å². The molecule has 0 saturated carbocycles. The first-order chi connectivity index (χ1) is 15.5. The second kappa shape index (κ2) is 18.5. The van der Waals surface area contributed by atoms with Crippen LogP contribution in [0.15, 0.2) is 29.2 Å². The summed E-state index contributed by atoms with van der Waals surface area (Å²) in [5.74, 6) is 0. The number of unbranched alkanes of at least 4 members (excludes halogenated alkanes) is 10. The Morgan fingerprint density at radius 1 is 0.719 bits per heavy atom. The van der Waals surface area contributed by atoms with Crippen molar-refractivity contribution in [2.75, 3.05) is 26.4 Å². The molecule has 6 heteroatoms. The molecule has 0 N–H and O–H groups in total. The van der Waals surface area contributed by atoms with Gasteiger partial charge < -0.3 is 9.47 Å². The molecule has 0 amide bonds. The monoisotopic (exact) mass is 470 g/mol. The predicted molar refractivity (Wildman–Crippen MR) is 132 cm³/mol. The highest BCUT2D eigenvalue weighted by Crippen LogP contribution is 2.15. The zero-order chi connectivity index (χ0) is 23.5. The molecule has 0 aliphatic heterocycles. The largest absolute Gasteiger partial charge is 0.379 e. The van der Waals surface area contributed by atoms with E-state index in [0.29, 0.717) is 19.8 Å². The highest BCUT2D eigenvalue weighted by atomic mass is 32.2. The highest BCUT2D eigenvalue weighted by Gasteiger charge is 2.19. The van der Waals surface area contributed by atoms with Gasteiger partial charge in [-0.2, -0.15) is 8.42 Å². The van der Waals surface area contributed by atoms with Gasteiger partial charge in [0.25, 0.3) is 10.1 Å². The normalized spacial score (nSPS) is 12.8.